The molecular formula is C14H14BrNO3. The summed E-state index contributed by atoms with van der Waals surface area (Å²) in [6.45, 7) is 2.12. The molecule has 100 valence electrons. The number of aromatic amines is 1. The number of carbonyl (C=O) groups excluding carboxylic acids is 1. The predicted octanol–water partition coefficient (Wildman–Crippen LogP) is 3.63. The zero-order valence-electron chi connectivity index (χ0n) is 10.7. The van der Waals surface area contributed by atoms with E-state index >= 15 is 0 Å². The monoisotopic (exact) mass is 323 g/mol. The number of nitrogens with one attached hydrogen (secondary N) is 1. The van der Waals surface area contributed by atoms with Crippen LogP contribution in [-0.4, -0.2) is 24.7 Å². The van der Waals surface area contributed by atoms with E-state index in [0.29, 0.717) is 12.3 Å². The summed E-state index contributed by atoms with van der Waals surface area (Å²) in [5.41, 5.74) is 2.10. The Hall–Kier alpha value is -1.75. The van der Waals surface area contributed by atoms with Gasteiger partial charge in [-0.3, -0.25) is 0 Å². The molecule has 5 heteroatoms. The van der Waals surface area contributed by atoms with Gasteiger partial charge in [-0.25, -0.2) is 4.79 Å². The van der Waals surface area contributed by atoms with E-state index in [1.807, 2.05) is 24.3 Å². The minimum atomic E-state index is -0.364. The lowest BCUT2D eigenvalue weighted by Crippen LogP contribution is -2.06. The topological polar surface area (TPSA) is 51.3 Å². The van der Waals surface area contributed by atoms with Gasteiger partial charge in [0.2, 0.25) is 0 Å². The number of hydrogen-bond acceptors (Lipinski definition) is 3. The molecule has 2 rings (SSSR count). The Morgan fingerprint density at radius 2 is 2.11 bits per heavy atom. The van der Waals surface area contributed by atoms with Gasteiger partial charge >= 0.3 is 5.97 Å². The van der Waals surface area contributed by atoms with Crippen LogP contribution in [-0.2, 0) is 4.74 Å². The average Bonchev–Trinajstić information content (AvgIpc) is 2.89. The molecule has 0 aliphatic heterocycles. The van der Waals surface area contributed by atoms with Gasteiger partial charge in [-0.1, -0.05) is 15.9 Å². The molecule has 0 saturated carbocycles. The van der Waals surface area contributed by atoms with E-state index in [1.165, 1.54) is 0 Å². The van der Waals surface area contributed by atoms with Gasteiger partial charge in [-0.15, -0.1) is 0 Å². The smallest absolute Gasteiger partial charge is 0.355 e. The molecule has 0 spiro atoms. The number of methoxy groups -OCH3 is 1. The van der Waals surface area contributed by atoms with E-state index in [2.05, 4.69) is 20.9 Å². The number of aromatic nitrogens is 1. The fourth-order valence-corrected chi connectivity index (χ4v) is 2.26. The van der Waals surface area contributed by atoms with Crippen molar-refractivity contribution in [3.8, 4) is 16.9 Å². The van der Waals surface area contributed by atoms with Crippen LogP contribution in [0, 0.1) is 0 Å². The van der Waals surface area contributed by atoms with Crippen molar-refractivity contribution in [3.05, 3.63) is 40.6 Å². The van der Waals surface area contributed by atoms with Gasteiger partial charge < -0.3 is 14.5 Å². The SMILES string of the molecule is CCOC(=O)c1[nH]ccc1-c1cc(OC)ccc1Br. The lowest BCUT2D eigenvalue weighted by Gasteiger charge is -2.08. The number of ether oxygens (including phenoxy) is 2. The second kappa shape index (κ2) is 5.93. The summed E-state index contributed by atoms with van der Waals surface area (Å²) in [5, 5.41) is 0. The Bertz CT molecular complexity index is 592. The summed E-state index contributed by atoms with van der Waals surface area (Å²) in [7, 11) is 1.61. The van der Waals surface area contributed by atoms with Crippen molar-refractivity contribution in [1.82, 2.24) is 4.98 Å². The van der Waals surface area contributed by atoms with Crippen LogP contribution in [0.4, 0.5) is 0 Å². The second-order valence-electron chi connectivity index (χ2n) is 3.83. The first-order valence-electron chi connectivity index (χ1n) is 5.85. The van der Waals surface area contributed by atoms with Crippen LogP contribution in [0.5, 0.6) is 5.75 Å². The highest BCUT2D eigenvalue weighted by molar-refractivity contribution is 9.10. The Morgan fingerprint density at radius 1 is 1.32 bits per heavy atom. The molecule has 1 aromatic carbocycles. The van der Waals surface area contributed by atoms with Crippen LogP contribution in [0.3, 0.4) is 0 Å². The highest BCUT2D eigenvalue weighted by atomic mass is 79.9. The Balaban J connectivity index is 2.48. The minimum Gasteiger partial charge on any atom is -0.497 e. The Morgan fingerprint density at radius 3 is 2.79 bits per heavy atom. The van der Waals surface area contributed by atoms with Crippen molar-refractivity contribution in [1.29, 1.82) is 0 Å². The van der Waals surface area contributed by atoms with Gasteiger partial charge in [0.05, 0.1) is 13.7 Å². The molecule has 2 aromatic rings. The molecule has 0 aliphatic carbocycles. The maximum atomic E-state index is 11.9. The van der Waals surface area contributed by atoms with Crippen LogP contribution in [0.2, 0.25) is 0 Å². The molecule has 0 saturated heterocycles. The molecular weight excluding hydrogens is 310 g/mol. The van der Waals surface area contributed by atoms with Crippen LogP contribution in [0.25, 0.3) is 11.1 Å². The normalized spacial score (nSPS) is 10.3. The number of carbonyl (C=O) groups is 1. The largest absolute Gasteiger partial charge is 0.497 e. The summed E-state index contributed by atoms with van der Waals surface area (Å²) in [6, 6.07) is 7.45. The fraction of sp³-hybridized carbons (Fsp3) is 0.214. The molecule has 0 atom stereocenters. The van der Waals surface area contributed by atoms with Crippen molar-refractivity contribution in [2.24, 2.45) is 0 Å². The maximum absolute atomic E-state index is 11.9. The second-order valence-corrected chi connectivity index (χ2v) is 4.69. The van der Waals surface area contributed by atoms with Crippen molar-refractivity contribution in [2.75, 3.05) is 13.7 Å². The molecule has 0 unspecified atom stereocenters. The van der Waals surface area contributed by atoms with E-state index in [1.54, 1.807) is 20.2 Å². The lowest BCUT2D eigenvalue weighted by atomic mass is 10.1. The first kappa shape index (κ1) is 13.7. The van der Waals surface area contributed by atoms with Gasteiger partial charge in [0.25, 0.3) is 0 Å². The lowest BCUT2D eigenvalue weighted by molar-refractivity contribution is 0.0521. The van der Waals surface area contributed by atoms with Crippen molar-refractivity contribution < 1.29 is 14.3 Å². The maximum Gasteiger partial charge on any atom is 0.355 e. The Labute approximate surface area is 119 Å². The van der Waals surface area contributed by atoms with Gasteiger partial charge in [0, 0.05) is 21.8 Å². The zero-order chi connectivity index (χ0) is 13.8. The molecule has 0 radical (unpaired) electrons. The summed E-state index contributed by atoms with van der Waals surface area (Å²) >= 11 is 3.48. The Kier molecular flexibility index (Phi) is 4.27. The quantitative estimate of drug-likeness (QED) is 0.874. The van der Waals surface area contributed by atoms with E-state index in [4.69, 9.17) is 9.47 Å². The number of hydrogen-bond donors (Lipinski definition) is 1. The van der Waals surface area contributed by atoms with Crippen LogP contribution in [0.1, 0.15) is 17.4 Å². The average molecular weight is 324 g/mol. The van der Waals surface area contributed by atoms with Crippen LogP contribution >= 0.6 is 15.9 Å². The van der Waals surface area contributed by atoms with Gasteiger partial charge in [-0.2, -0.15) is 0 Å². The molecule has 1 N–H and O–H groups in total. The summed E-state index contributed by atoms with van der Waals surface area (Å²) in [4.78, 5) is 14.8. The zero-order valence-corrected chi connectivity index (χ0v) is 12.3. The summed E-state index contributed by atoms with van der Waals surface area (Å²) in [5.74, 6) is 0.367. The number of rotatable bonds is 4. The summed E-state index contributed by atoms with van der Waals surface area (Å²) in [6.07, 6.45) is 1.72. The number of benzene rings is 1. The number of H-pyrrole nitrogens is 1. The number of halogens is 1. The van der Waals surface area contributed by atoms with Gasteiger partial charge in [0.15, 0.2) is 0 Å². The van der Waals surface area contributed by atoms with E-state index in [0.717, 1.165) is 21.3 Å². The third kappa shape index (κ3) is 2.81. The van der Waals surface area contributed by atoms with Crippen LogP contribution < -0.4 is 4.74 Å². The fourth-order valence-electron chi connectivity index (χ4n) is 1.80. The van der Waals surface area contributed by atoms with Crippen molar-refractivity contribution in [3.63, 3.8) is 0 Å². The molecule has 0 bridgehead atoms. The number of esters is 1. The predicted molar refractivity (Wildman–Crippen MR) is 76.4 cm³/mol. The van der Waals surface area contributed by atoms with Gasteiger partial charge in [0.1, 0.15) is 11.4 Å². The highest BCUT2D eigenvalue weighted by Gasteiger charge is 2.17. The van der Waals surface area contributed by atoms with E-state index in [9.17, 15) is 4.79 Å². The molecule has 1 heterocycles. The van der Waals surface area contributed by atoms with Gasteiger partial charge in [-0.05, 0) is 31.2 Å². The molecule has 19 heavy (non-hydrogen) atoms. The molecule has 4 nitrogen and oxygen atoms in total. The highest BCUT2D eigenvalue weighted by Crippen LogP contribution is 2.33. The summed E-state index contributed by atoms with van der Waals surface area (Å²) < 4.78 is 11.1. The third-order valence-electron chi connectivity index (χ3n) is 2.69. The molecule has 0 aliphatic rings. The van der Waals surface area contributed by atoms with Crippen molar-refractivity contribution in [2.45, 2.75) is 6.92 Å². The molecule has 0 fully saturated rings. The first-order valence-corrected chi connectivity index (χ1v) is 6.65. The third-order valence-corrected chi connectivity index (χ3v) is 3.38. The van der Waals surface area contributed by atoms with E-state index < -0.39 is 0 Å². The molecule has 1 aromatic heterocycles. The standard InChI is InChI=1S/C14H14BrNO3/c1-3-19-14(17)13-10(6-7-16-13)11-8-9(18-2)4-5-12(11)15/h4-8,16H,3H2,1-2H3. The molecule has 0 amide bonds. The first-order chi connectivity index (χ1) is 9.17. The minimum absolute atomic E-state index is 0.344. The van der Waals surface area contributed by atoms with E-state index in [-0.39, 0.29) is 5.97 Å². The van der Waals surface area contributed by atoms with Crippen LogP contribution in [0.15, 0.2) is 34.9 Å². The van der Waals surface area contributed by atoms with Crippen molar-refractivity contribution >= 4 is 21.9 Å².